The molecule has 0 heterocycles. The monoisotopic (exact) mass is 332 g/mol. The number of aryl methyl sites for hydroxylation is 1. The van der Waals surface area contributed by atoms with Gasteiger partial charge in [-0.15, -0.1) is 0 Å². The third-order valence-electron chi connectivity index (χ3n) is 3.60. The fourth-order valence-corrected chi connectivity index (χ4v) is 3.61. The van der Waals surface area contributed by atoms with Crippen LogP contribution in [0.2, 0.25) is 0 Å². The Morgan fingerprint density at radius 3 is 2.29 bits per heavy atom. The molecule has 1 rings (SSSR count). The van der Waals surface area contributed by atoms with Crippen LogP contribution in [0, 0.1) is 18.8 Å². The molecule has 1 unspecified atom stereocenters. The van der Waals surface area contributed by atoms with Crippen molar-refractivity contribution in [2.45, 2.75) is 40.5 Å². The van der Waals surface area contributed by atoms with Crippen molar-refractivity contribution in [1.29, 1.82) is 0 Å². The molecule has 0 bridgehead atoms. The van der Waals surface area contributed by atoms with Crippen molar-refractivity contribution in [2.75, 3.05) is 12.4 Å². The number of rotatable bonds is 7. The van der Waals surface area contributed by atoms with Crippen molar-refractivity contribution in [1.82, 2.24) is 0 Å². The van der Waals surface area contributed by atoms with Crippen LogP contribution in [-0.4, -0.2) is 20.8 Å². The average Bonchev–Trinajstić information content (AvgIpc) is 2.32. The first-order chi connectivity index (χ1) is 9.60. The van der Waals surface area contributed by atoms with Crippen LogP contribution >= 0.6 is 10.7 Å². The number of benzene rings is 1. The van der Waals surface area contributed by atoms with Crippen LogP contribution < -0.4 is 4.74 Å². The maximum atomic E-state index is 11.3. The second-order valence-corrected chi connectivity index (χ2v) is 9.04. The van der Waals surface area contributed by atoms with E-state index in [2.05, 4.69) is 26.0 Å². The summed E-state index contributed by atoms with van der Waals surface area (Å²) in [4.78, 5) is 0. The standard InChI is InChI=1S/C16H25ClO3S/c1-11(2)14(10-21(17,18)19)9-20-16-8-13(5)6-7-15(16)12(3)4/h6-8,11-12,14H,9-10H2,1-5H3. The zero-order valence-electron chi connectivity index (χ0n) is 13.4. The lowest BCUT2D eigenvalue weighted by molar-refractivity contribution is 0.223. The third kappa shape index (κ3) is 6.27. The molecule has 0 amide bonds. The van der Waals surface area contributed by atoms with Gasteiger partial charge in [0.25, 0.3) is 0 Å². The Labute approximate surface area is 133 Å². The molecule has 0 fully saturated rings. The second kappa shape index (κ2) is 7.50. The largest absolute Gasteiger partial charge is 0.493 e. The van der Waals surface area contributed by atoms with Gasteiger partial charge in [-0.25, -0.2) is 8.42 Å². The maximum absolute atomic E-state index is 11.3. The third-order valence-corrected chi connectivity index (χ3v) is 4.80. The van der Waals surface area contributed by atoms with Crippen molar-refractivity contribution in [3.05, 3.63) is 29.3 Å². The lowest BCUT2D eigenvalue weighted by Gasteiger charge is -2.22. The molecular weight excluding hydrogens is 308 g/mol. The molecule has 0 aliphatic heterocycles. The highest BCUT2D eigenvalue weighted by atomic mass is 35.7. The van der Waals surface area contributed by atoms with E-state index >= 15 is 0 Å². The predicted octanol–water partition coefficient (Wildman–Crippen LogP) is 4.34. The highest BCUT2D eigenvalue weighted by molar-refractivity contribution is 8.13. The van der Waals surface area contributed by atoms with Crippen molar-refractivity contribution < 1.29 is 13.2 Å². The Bertz CT molecular complexity index is 565. The van der Waals surface area contributed by atoms with Crippen LogP contribution in [0.15, 0.2) is 18.2 Å². The molecule has 0 aliphatic carbocycles. The number of ether oxygens (including phenoxy) is 1. The smallest absolute Gasteiger partial charge is 0.233 e. The minimum atomic E-state index is -3.52. The summed E-state index contributed by atoms with van der Waals surface area (Å²) < 4.78 is 28.5. The minimum absolute atomic E-state index is 0.0605. The number of halogens is 1. The van der Waals surface area contributed by atoms with Gasteiger partial charge in [0, 0.05) is 16.6 Å². The van der Waals surface area contributed by atoms with E-state index in [0.29, 0.717) is 12.5 Å². The summed E-state index contributed by atoms with van der Waals surface area (Å²) in [5, 5.41) is 0. The van der Waals surface area contributed by atoms with Gasteiger partial charge in [-0.1, -0.05) is 39.8 Å². The van der Waals surface area contributed by atoms with Crippen molar-refractivity contribution >= 4 is 19.7 Å². The molecule has 0 saturated heterocycles. The Morgan fingerprint density at radius 1 is 1.19 bits per heavy atom. The zero-order chi connectivity index (χ0) is 16.2. The zero-order valence-corrected chi connectivity index (χ0v) is 15.0. The van der Waals surface area contributed by atoms with Crippen LogP contribution in [0.25, 0.3) is 0 Å². The molecule has 0 aromatic heterocycles. The average molecular weight is 333 g/mol. The molecule has 1 aromatic carbocycles. The SMILES string of the molecule is Cc1ccc(C(C)C)c(OCC(CS(=O)(=O)Cl)C(C)C)c1. The molecule has 3 nitrogen and oxygen atoms in total. The second-order valence-electron chi connectivity index (χ2n) is 6.22. The summed E-state index contributed by atoms with van der Waals surface area (Å²) in [5.74, 6) is 1.20. The van der Waals surface area contributed by atoms with Crippen LogP contribution in [0.5, 0.6) is 5.75 Å². The van der Waals surface area contributed by atoms with E-state index in [1.807, 2.05) is 26.8 Å². The quantitative estimate of drug-likeness (QED) is 0.698. The Balaban J connectivity index is 2.87. The summed E-state index contributed by atoms with van der Waals surface area (Å²) >= 11 is 0. The minimum Gasteiger partial charge on any atom is -0.493 e. The molecule has 0 N–H and O–H groups in total. The maximum Gasteiger partial charge on any atom is 0.233 e. The van der Waals surface area contributed by atoms with Gasteiger partial charge in [-0.2, -0.15) is 0 Å². The predicted molar refractivity (Wildman–Crippen MR) is 88.7 cm³/mol. The Kier molecular flexibility index (Phi) is 6.54. The first-order valence-corrected chi connectivity index (χ1v) is 9.73. The fraction of sp³-hybridized carbons (Fsp3) is 0.625. The first-order valence-electron chi connectivity index (χ1n) is 7.26. The van der Waals surface area contributed by atoms with Gasteiger partial charge in [0.1, 0.15) is 5.75 Å². The van der Waals surface area contributed by atoms with Gasteiger partial charge in [-0.05, 0) is 36.0 Å². The molecule has 21 heavy (non-hydrogen) atoms. The van der Waals surface area contributed by atoms with Gasteiger partial charge in [0.15, 0.2) is 0 Å². The molecular formula is C16H25ClO3S. The Hall–Kier alpha value is -0.740. The molecule has 0 saturated carbocycles. The van der Waals surface area contributed by atoms with Gasteiger partial charge in [0.05, 0.1) is 12.4 Å². The summed E-state index contributed by atoms with van der Waals surface area (Å²) in [6, 6.07) is 6.13. The van der Waals surface area contributed by atoms with Crippen LogP contribution in [0.4, 0.5) is 0 Å². The molecule has 0 aliphatic rings. The summed E-state index contributed by atoms with van der Waals surface area (Å²) in [6.07, 6.45) is 0. The topological polar surface area (TPSA) is 43.4 Å². The summed E-state index contributed by atoms with van der Waals surface area (Å²) in [7, 11) is 1.86. The van der Waals surface area contributed by atoms with Gasteiger partial charge < -0.3 is 4.74 Å². The van der Waals surface area contributed by atoms with E-state index in [-0.39, 0.29) is 17.6 Å². The van der Waals surface area contributed by atoms with Crippen molar-refractivity contribution in [3.63, 3.8) is 0 Å². The molecule has 0 radical (unpaired) electrons. The summed E-state index contributed by atoms with van der Waals surface area (Å²) in [6.45, 7) is 10.6. The molecule has 0 spiro atoms. The van der Waals surface area contributed by atoms with Gasteiger partial charge in [0.2, 0.25) is 9.05 Å². The number of hydrogen-bond acceptors (Lipinski definition) is 3. The van der Waals surface area contributed by atoms with Gasteiger partial charge >= 0.3 is 0 Å². The fourth-order valence-electron chi connectivity index (χ4n) is 2.13. The van der Waals surface area contributed by atoms with E-state index in [0.717, 1.165) is 16.9 Å². The van der Waals surface area contributed by atoms with E-state index in [4.69, 9.17) is 15.4 Å². The molecule has 1 aromatic rings. The molecule has 5 heteroatoms. The highest BCUT2D eigenvalue weighted by Crippen LogP contribution is 2.28. The lowest BCUT2D eigenvalue weighted by atomic mass is 9.98. The Morgan fingerprint density at radius 2 is 1.81 bits per heavy atom. The van der Waals surface area contributed by atoms with E-state index in [9.17, 15) is 8.42 Å². The van der Waals surface area contributed by atoms with Crippen molar-refractivity contribution in [2.24, 2.45) is 11.8 Å². The molecule has 1 atom stereocenters. The lowest BCUT2D eigenvalue weighted by Crippen LogP contribution is -2.25. The summed E-state index contributed by atoms with van der Waals surface area (Å²) in [5.41, 5.74) is 2.26. The van der Waals surface area contributed by atoms with E-state index < -0.39 is 9.05 Å². The highest BCUT2D eigenvalue weighted by Gasteiger charge is 2.22. The molecule has 120 valence electrons. The van der Waals surface area contributed by atoms with E-state index in [1.165, 1.54) is 0 Å². The van der Waals surface area contributed by atoms with Crippen LogP contribution in [-0.2, 0) is 9.05 Å². The van der Waals surface area contributed by atoms with Crippen LogP contribution in [0.3, 0.4) is 0 Å². The van der Waals surface area contributed by atoms with E-state index in [1.54, 1.807) is 0 Å². The van der Waals surface area contributed by atoms with Gasteiger partial charge in [-0.3, -0.25) is 0 Å². The first kappa shape index (κ1) is 18.3. The normalized spacial score (nSPS) is 13.7. The number of hydrogen-bond donors (Lipinski definition) is 0. The van der Waals surface area contributed by atoms with Crippen LogP contribution in [0.1, 0.15) is 44.7 Å². The van der Waals surface area contributed by atoms with Crippen molar-refractivity contribution in [3.8, 4) is 5.75 Å².